The summed E-state index contributed by atoms with van der Waals surface area (Å²) in [6.07, 6.45) is -6.46. The van der Waals surface area contributed by atoms with E-state index in [1.54, 1.807) is 13.8 Å². The number of hydrogen-bond acceptors (Lipinski definition) is 13. The summed E-state index contributed by atoms with van der Waals surface area (Å²) in [7, 11) is 0. The molecule has 1 spiro atoms. The Balaban J connectivity index is 1.67. The number of Topliss-reactive ketones (excluding diaryl/α,β-unsaturated/α-hetero) is 2. The highest BCUT2D eigenvalue weighted by atomic mass is 16.6. The lowest BCUT2D eigenvalue weighted by Crippen LogP contribution is -2.79. The molecular weight excluding hydrogens is 584 g/mol. The minimum absolute atomic E-state index is 0.0121. The van der Waals surface area contributed by atoms with E-state index in [-0.39, 0.29) is 18.4 Å². The lowest BCUT2D eigenvalue weighted by molar-refractivity contribution is -0.286. The van der Waals surface area contributed by atoms with Crippen LogP contribution < -0.4 is 0 Å². The maximum absolute atomic E-state index is 13.6. The lowest BCUT2D eigenvalue weighted by Gasteiger charge is -2.67. The van der Waals surface area contributed by atoms with Gasteiger partial charge in [0.25, 0.3) is 5.78 Å². The highest BCUT2D eigenvalue weighted by Crippen LogP contribution is 2.72. The number of allylic oxidation sites excluding steroid dienone is 2. The number of carbonyl (C=O) groups excluding carboxylic acids is 5. The Labute approximate surface area is 252 Å². The molecule has 2 saturated heterocycles. The average Bonchev–Trinajstić information content (AvgIpc) is 3.21. The Morgan fingerprint density at radius 3 is 2.32 bits per heavy atom. The zero-order valence-electron chi connectivity index (χ0n) is 25.1. The minimum atomic E-state index is -2.71. The number of aliphatic hydroxyl groups excluding tert-OH is 3. The van der Waals surface area contributed by atoms with E-state index in [1.807, 2.05) is 0 Å². The predicted octanol–water partition coefficient (Wildman–Crippen LogP) is 0.320. The van der Waals surface area contributed by atoms with Crippen molar-refractivity contribution in [2.24, 2.45) is 28.6 Å². The fourth-order valence-corrected chi connectivity index (χ4v) is 8.85. The predicted molar refractivity (Wildman–Crippen MR) is 143 cm³/mol. The summed E-state index contributed by atoms with van der Waals surface area (Å²) >= 11 is 0. The van der Waals surface area contributed by atoms with Gasteiger partial charge in [-0.25, -0.2) is 14.4 Å². The minimum Gasteiger partial charge on any atom is -0.504 e. The second-order valence-corrected chi connectivity index (χ2v) is 13.4. The Hall–Kier alpha value is -3.62. The smallest absolute Gasteiger partial charge is 0.375 e. The van der Waals surface area contributed by atoms with Crippen molar-refractivity contribution in [1.82, 2.24) is 0 Å². The van der Waals surface area contributed by atoms with Gasteiger partial charge in [0.05, 0.1) is 18.6 Å². The highest BCUT2D eigenvalue weighted by Gasteiger charge is 2.85. The van der Waals surface area contributed by atoms with Crippen LogP contribution in [0, 0.1) is 28.6 Å². The number of aliphatic hydroxyl groups is 3. The van der Waals surface area contributed by atoms with E-state index < -0.39 is 112 Å². The van der Waals surface area contributed by atoms with Crippen LogP contribution in [0.25, 0.3) is 0 Å². The van der Waals surface area contributed by atoms with Crippen LogP contribution in [0.1, 0.15) is 54.4 Å². The van der Waals surface area contributed by atoms with E-state index >= 15 is 0 Å². The monoisotopic (exact) mass is 620 g/mol. The fraction of sp³-hybridized carbons (Fsp3) is 0.667. The molecule has 3 aliphatic carbocycles. The number of carboxylic acid groups (broad SMARTS) is 1. The summed E-state index contributed by atoms with van der Waals surface area (Å²) in [5.74, 6) is -11.0. The van der Waals surface area contributed by atoms with Crippen LogP contribution in [-0.2, 0) is 47.7 Å². The van der Waals surface area contributed by atoms with E-state index in [0.29, 0.717) is 5.57 Å². The molecule has 0 aromatic heterocycles. The topological polar surface area (TPSA) is 220 Å². The number of esters is 3. The number of carboxylic acids is 1. The quantitative estimate of drug-likeness (QED) is 0.136. The van der Waals surface area contributed by atoms with Crippen molar-refractivity contribution >= 4 is 35.4 Å². The van der Waals surface area contributed by atoms with Crippen LogP contribution in [0.5, 0.6) is 0 Å². The molecule has 0 amide bonds. The SMILES string of the molecule is CC(=O)OC(C)(C)/C(C)=C/C(=O)O[C@H]1C(=O)O[C@@H]2C[C@H]3C(C)=C(O)C(=O)C[C@]3(C)[C@H]3[C@@H](O)[C@H](O)[C@@]4(C(=O)C(=O)O)OC[C@]32[C@@H]14. The molecule has 44 heavy (non-hydrogen) atoms. The number of rotatable bonds is 6. The van der Waals surface area contributed by atoms with Crippen molar-refractivity contribution in [2.75, 3.05) is 6.61 Å². The molecule has 4 N–H and O–H groups in total. The van der Waals surface area contributed by atoms with Crippen molar-refractivity contribution < 1.29 is 68.1 Å². The summed E-state index contributed by atoms with van der Waals surface area (Å²) in [5.41, 5.74) is -6.21. The maximum atomic E-state index is 13.6. The normalized spacial score (nSPS) is 41.3. The van der Waals surface area contributed by atoms with Crippen LogP contribution in [0.2, 0.25) is 0 Å². The van der Waals surface area contributed by atoms with Gasteiger partial charge in [0.15, 0.2) is 17.1 Å². The first-order valence-electron chi connectivity index (χ1n) is 14.3. The molecule has 10 atom stereocenters. The molecule has 0 aromatic carbocycles. The van der Waals surface area contributed by atoms with Gasteiger partial charge in [-0.1, -0.05) is 6.92 Å². The van der Waals surface area contributed by atoms with E-state index in [4.69, 9.17) is 18.9 Å². The number of aliphatic carboxylic acids is 1. The van der Waals surface area contributed by atoms with Crippen molar-refractivity contribution in [1.29, 1.82) is 0 Å². The molecule has 0 unspecified atom stereocenters. The van der Waals surface area contributed by atoms with Gasteiger partial charge in [0.1, 0.15) is 17.8 Å². The second kappa shape index (κ2) is 9.94. The molecular formula is C30H36O14. The van der Waals surface area contributed by atoms with Crippen LogP contribution in [0.4, 0.5) is 0 Å². The zero-order chi connectivity index (χ0) is 32.9. The van der Waals surface area contributed by atoms with E-state index in [2.05, 4.69) is 0 Å². The van der Waals surface area contributed by atoms with Gasteiger partial charge in [-0.2, -0.15) is 0 Å². The Kier molecular flexibility index (Phi) is 7.18. The zero-order valence-corrected chi connectivity index (χ0v) is 25.1. The van der Waals surface area contributed by atoms with Crippen LogP contribution in [-0.4, -0.2) is 98.1 Å². The van der Waals surface area contributed by atoms with Gasteiger partial charge in [0, 0.05) is 30.8 Å². The third-order valence-corrected chi connectivity index (χ3v) is 10.8. The molecule has 0 aromatic rings. The summed E-state index contributed by atoms with van der Waals surface area (Å²) in [6.45, 7) is 8.44. The molecule has 2 bridgehead atoms. The summed E-state index contributed by atoms with van der Waals surface area (Å²) in [6, 6.07) is 0. The van der Waals surface area contributed by atoms with E-state index in [9.17, 15) is 49.2 Å². The van der Waals surface area contributed by atoms with Crippen molar-refractivity contribution in [3.05, 3.63) is 23.0 Å². The highest BCUT2D eigenvalue weighted by molar-refractivity contribution is 6.36. The van der Waals surface area contributed by atoms with E-state index in [1.165, 1.54) is 27.7 Å². The molecule has 14 heteroatoms. The van der Waals surface area contributed by atoms with Crippen molar-refractivity contribution in [2.45, 2.75) is 90.0 Å². The van der Waals surface area contributed by atoms with Gasteiger partial charge >= 0.3 is 23.9 Å². The maximum Gasteiger partial charge on any atom is 0.375 e. The molecule has 5 rings (SSSR count). The second-order valence-electron chi connectivity index (χ2n) is 13.4. The number of ether oxygens (including phenoxy) is 4. The average molecular weight is 621 g/mol. The van der Waals surface area contributed by atoms with Gasteiger partial charge in [-0.3, -0.25) is 14.4 Å². The molecule has 0 radical (unpaired) electrons. The molecule has 5 aliphatic rings. The summed E-state index contributed by atoms with van der Waals surface area (Å²) < 4.78 is 22.5. The van der Waals surface area contributed by atoms with Crippen molar-refractivity contribution in [3.63, 3.8) is 0 Å². The molecule has 14 nitrogen and oxygen atoms in total. The number of hydrogen-bond donors (Lipinski definition) is 4. The number of fused-ring (bicyclic) bond motifs is 2. The van der Waals surface area contributed by atoms with Crippen LogP contribution >= 0.6 is 0 Å². The van der Waals surface area contributed by atoms with Gasteiger partial charge < -0.3 is 39.4 Å². The Bertz CT molecular complexity index is 1440. The Morgan fingerprint density at radius 1 is 1.09 bits per heavy atom. The first kappa shape index (κ1) is 31.8. The Morgan fingerprint density at radius 2 is 1.73 bits per heavy atom. The number of ketones is 2. The summed E-state index contributed by atoms with van der Waals surface area (Å²) in [4.78, 5) is 76.9. The lowest BCUT2D eigenvalue weighted by atomic mass is 9.38. The fourth-order valence-electron chi connectivity index (χ4n) is 8.85. The van der Waals surface area contributed by atoms with E-state index in [0.717, 1.165) is 6.08 Å². The molecule has 2 saturated carbocycles. The largest absolute Gasteiger partial charge is 0.504 e. The van der Waals surface area contributed by atoms with Crippen LogP contribution in [0.15, 0.2) is 23.0 Å². The van der Waals surface area contributed by atoms with Gasteiger partial charge in [-0.05, 0) is 56.6 Å². The van der Waals surface area contributed by atoms with Crippen molar-refractivity contribution in [3.8, 4) is 0 Å². The van der Waals surface area contributed by atoms with Gasteiger partial charge in [0.2, 0.25) is 6.10 Å². The third kappa shape index (κ3) is 4.03. The standard InChI is InChI=1S/C30H36O14/c1-11(27(4,5)44-13(3)31)7-17(33)43-20-22-29-10-41-30(22,24(37)25(38)39)23(36)19(35)21(29)28(6)9-15(32)18(34)12(2)14(28)8-16(29)42-26(20)40/h7,14,16,19-23,34-36H,8-10H2,1-6H3,(H,38,39)/b11-7+/t14-,16+,19+,20+,21+,22+,23-,28-,29+,30-/m0/s1. The molecule has 2 aliphatic heterocycles. The molecule has 4 fully saturated rings. The number of carbonyl (C=O) groups is 6. The summed E-state index contributed by atoms with van der Waals surface area (Å²) in [5, 5.41) is 43.6. The first-order chi connectivity index (χ1) is 20.3. The first-order valence-corrected chi connectivity index (χ1v) is 14.3. The van der Waals surface area contributed by atoms with Gasteiger partial charge in [-0.15, -0.1) is 0 Å². The van der Waals surface area contributed by atoms with Crippen LogP contribution in [0.3, 0.4) is 0 Å². The molecule has 2 heterocycles. The molecule has 240 valence electrons. The third-order valence-electron chi connectivity index (χ3n) is 10.8.